The molecule has 0 amide bonds. The lowest BCUT2D eigenvalue weighted by atomic mass is 10.1. The van der Waals surface area contributed by atoms with Crippen LogP contribution in [0.1, 0.15) is 18.6 Å². The molecule has 2 saturated heterocycles. The first-order valence-corrected chi connectivity index (χ1v) is 8.76. The molecular weight excluding hydrogens is 433 g/mol. The summed E-state index contributed by atoms with van der Waals surface area (Å²) in [5.41, 5.74) is 0. The molecule has 140 valence electrons. The van der Waals surface area contributed by atoms with Gasteiger partial charge in [0, 0.05) is 39.2 Å². The number of ether oxygens (including phenoxy) is 2. The molecule has 0 aromatic carbocycles. The van der Waals surface area contributed by atoms with Crippen molar-refractivity contribution in [1.82, 2.24) is 10.2 Å². The van der Waals surface area contributed by atoms with Gasteiger partial charge >= 0.3 is 0 Å². The molecule has 25 heavy (non-hydrogen) atoms. The van der Waals surface area contributed by atoms with E-state index in [1.165, 1.54) is 0 Å². The van der Waals surface area contributed by atoms with E-state index >= 15 is 0 Å². The summed E-state index contributed by atoms with van der Waals surface area (Å²) >= 11 is 0. The van der Waals surface area contributed by atoms with Crippen LogP contribution >= 0.6 is 24.0 Å². The van der Waals surface area contributed by atoms with E-state index in [1.54, 1.807) is 6.26 Å². The predicted molar refractivity (Wildman–Crippen MR) is 109 cm³/mol. The van der Waals surface area contributed by atoms with Crippen LogP contribution in [0, 0.1) is 0 Å². The summed E-state index contributed by atoms with van der Waals surface area (Å²) in [4.78, 5) is 7.01. The Morgan fingerprint density at radius 2 is 2.24 bits per heavy atom. The van der Waals surface area contributed by atoms with Crippen molar-refractivity contribution in [2.24, 2.45) is 4.99 Å². The SMILES string of the molecule is C=CCNC(=NCCc1ccco1)N1CCOC(C2CCCO2)C1.I. The molecule has 2 atom stereocenters. The van der Waals surface area contributed by atoms with Crippen molar-refractivity contribution in [3.63, 3.8) is 0 Å². The minimum atomic E-state index is 0. The number of furan rings is 1. The number of hydrogen-bond acceptors (Lipinski definition) is 4. The molecule has 0 spiro atoms. The Labute approximate surface area is 166 Å². The highest BCUT2D eigenvalue weighted by Crippen LogP contribution is 2.21. The molecule has 1 aromatic heterocycles. The first kappa shape index (κ1) is 20.3. The second-order valence-electron chi connectivity index (χ2n) is 6.11. The maximum atomic E-state index is 5.93. The minimum Gasteiger partial charge on any atom is -0.469 e. The molecule has 1 N–H and O–H groups in total. The Balaban J connectivity index is 0.00000225. The Morgan fingerprint density at radius 1 is 1.36 bits per heavy atom. The Morgan fingerprint density at radius 3 is 2.96 bits per heavy atom. The molecule has 0 aliphatic carbocycles. The highest BCUT2D eigenvalue weighted by atomic mass is 127. The maximum Gasteiger partial charge on any atom is 0.194 e. The van der Waals surface area contributed by atoms with Crippen molar-refractivity contribution in [2.45, 2.75) is 31.5 Å². The molecule has 2 aliphatic heterocycles. The van der Waals surface area contributed by atoms with Gasteiger partial charge in [0.2, 0.25) is 0 Å². The quantitative estimate of drug-likeness (QED) is 0.305. The fourth-order valence-corrected chi connectivity index (χ4v) is 3.15. The van der Waals surface area contributed by atoms with Gasteiger partial charge in [0.1, 0.15) is 11.9 Å². The predicted octanol–water partition coefficient (Wildman–Crippen LogP) is 2.45. The molecule has 3 rings (SSSR count). The number of aliphatic imine (C=N–C) groups is 1. The van der Waals surface area contributed by atoms with Gasteiger partial charge < -0.3 is 24.1 Å². The van der Waals surface area contributed by atoms with Gasteiger partial charge in [0.05, 0.1) is 19.0 Å². The smallest absolute Gasteiger partial charge is 0.194 e. The molecule has 2 fully saturated rings. The van der Waals surface area contributed by atoms with Crippen LogP contribution in [0.25, 0.3) is 0 Å². The van der Waals surface area contributed by atoms with Gasteiger partial charge in [-0.2, -0.15) is 0 Å². The van der Waals surface area contributed by atoms with E-state index < -0.39 is 0 Å². The van der Waals surface area contributed by atoms with E-state index in [-0.39, 0.29) is 36.2 Å². The zero-order valence-electron chi connectivity index (χ0n) is 14.6. The van der Waals surface area contributed by atoms with Gasteiger partial charge in [-0.15, -0.1) is 30.6 Å². The van der Waals surface area contributed by atoms with Gasteiger partial charge in [-0.1, -0.05) is 6.08 Å². The first-order chi connectivity index (χ1) is 11.9. The normalized spacial score (nSPS) is 24.0. The molecule has 2 unspecified atom stereocenters. The van der Waals surface area contributed by atoms with Gasteiger partial charge in [-0.3, -0.25) is 4.99 Å². The zero-order valence-corrected chi connectivity index (χ0v) is 16.9. The van der Waals surface area contributed by atoms with E-state index in [2.05, 4.69) is 16.8 Å². The zero-order chi connectivity index (χ0) is 16.6. The van der Waals surface area contributed by atoms with Crippen LogP contribution in [0.4, 0.5) is 0 Å². The van der Waals surface area contributed by atoms with E-state index in [0.29, 0.717) is 19.7 Å². The fourth-order valence-electron chi connectivity index (χ4n) is 3.15. The third-order valence-electron chi connectivity index (χ3n) is 4.38. The summed E-state index contributed by atoms with van der Waals surface area (Å²) in [7, 11) is 0. The van der Waals surface area contributed by atoms with Crippen LogP contribution in [0.15, 0.2) is 40.5 Å². The lowest BCUT2D eigenvalue weighted by Gasteiger charge is -2.37. The number of nitrogens with zero attached hydrogens (tertiary/aromatic N) is 2. The summed E-state index contributed by atoms with van der Waals surface area (Å²) in [6.07, 6.45) is 6.90. The summed E-state index contributed by atoms with van der Waals surface area (Å²) in [5, 5.41) is 3.36. The van der Waals surface area contributed by atoms with Crippen molar-refractivity contribution in [2.75, 3.05) is 39.4 Å². The summed E-state index contributed by atoms with van der Waals surface area (Å²) in [5.74, 6) is 1.87. The number of guanidine groups is 1. The van der Waals surface area contributed by atoms with Crippen LogP contribution in [-0.2, 0) is 15.9 Å². The summed E-state index contributed by atoms with van der Waals surface area (Å²) in [6.45, 7) is 8.38. The third kappa shape index (κ3) is 6.00. The van der Waals surface area contributed by atoms with Gasteiger partial charge in [-0.05, 0) is 25.0 Å². The standard InChI is InChI=1S/C18H27N3O3.HI/c1-2-8-19-18(20-9-7-15-5-3-11-22-15)21-10-13-24-17(14-21)16-6-4-12-23-16;/h2-3,5,11,16-17H,1,4,6-10,12-14H2,(H,19,20);1H. The summed E-state index contributed by atoms with van der Waals surface area (Å²) < 4.78 is 17.1. The van der Waals surface area contributed by atoms with Crippen LogP contribution in [0.2, 0.25) is 0 Å². The number of rotatable bonds is 6. The molecule has 0 radical (unpaired) electrons. The van der Waals surface area contributed by atoms with E-state index in [1.807, 2.05) is 18.2 Å². The number of nitrogens with one attached hydrogen (secondary N) is 1. The van der Waals surface area contributed by atoms with Gasteiger partial charge in [0.25, 0.3) is 0 Å². The topological polar surface area (TPSA) is 59.2 Å². The highest BCUT2D eigenvalue weighted by Gasteiger charge is 2.32. The first-order valence-electron chi connectivity index (χ1n) is 8.76. The summed E-state index contributed by atoms with van der Waals surface area (Å²) in [6, 6.07) is 3.89. The lowest BCUT2D eigenvalue weighted by molar-refractivity contribution is -0.0816. The Bertz CT molecular complexity index is 530. The molecule has 0 bridgehead atoms. The maximum absolute atomic E-state index is 5.93. The molecule has 3 heterocycles. The molecule has 2 aliphatic rings. The number of halogens is 1. The second-order valence-corrected chi connectivity index (χ2v) is 6.11. The van der Waals surface area contributed by atoms with Crippen LogP contribution in [0.5, 0.6) is 0 Å². The van der Waals surface area contributed by atoms with E-state index in [4.69, 9.17) is 18.9 Å². The molecule has 0 saturated carbocycles. The van der Waals surface area contributed by atoms with E-state index in [9.17, 15) is 0 Å². The van der Waals surface area contributed by atoms with Crippen molar-refractivity contribution in [1.29, 1.82) is 0 Å². The lowest BCUT2D eigenvalue weighted by Crippen LogP contribution is -2.53. The van der Waals surface area contributed by atoms with Crippen molar-refractivity contribution >= 4 is 29.9 Å². The monoisotopic (exact) mass is 461 g/mol. The minimum absolute atomic E-state index is 0. The molecule has 6 nitrogen and oxygen atoms in total. The fraction of sp³-hybridized carbons (Fsp3) is 0.611. The highest BCUT2D eigenvalue weighted by molar-refractivity contribution is 14.0. The Hall–Kier alpha value is -1.06. The average molecular weight is 461 g/mol. The van der Waals surface area contributed by atoms with Crippen molar-refractivity contribution < 1.29 is 13.9 Å². The van der Waals surface area contributed by atoms with Crippen molar-refractivity contribution in [3.8, 4) is 0 Å². The molecule has 7 heteroatoms. The van der Waals surface area contributed by atoms with Crippen LogP contribution < -0.4 is 5.32 Å². The van der Waals surface area contributed by atoms with Crippen molar-refractivity contribution in [3.05, 3.63) is 36.8 Å². The number of hydrogen-bond donors (Lipinski definition) is 1. The largest absolute Gasteiger partial charge is 0.469 e. The Kier molecular flexibility index (Phi) is 8.77. The molecular formula is C18H28IN3O3. The average Bonchev–Trinajstić information content (AvgIpc) is 3.31. The second kappa shape index (κ2) is 10.8. The van der Waals surface area contributed by atoms with Crippen LogP contribution in [-0.4, -0.2) is 62.5 Å². The van der Waals surface area contributed by atoms with Gasteiger partial charge in [-0.25, -0.2) is 0 Å². The van der Waals surface area contributed by atoms with Crippen LogP contribution in [0.3, 0.4) is 0 Å². The van der Waals surface area contributed by atoms with E-state index in [0.717, 1.165) is 50.7 Å². The third-order valence-corrected chi connectivity index (χ3v) is 4.38. The molecule has 1 aromatic rings. The number of morpholine rings is 1. The van der Waals surface area contributed by atoms with Gasteiger partial charge in [0.15, 0.2) is 5.96 Å².